The number of aromatic nitrogens is 2. The van der Waals surface area contributed by atoms with Crippen molar-refractivity contribution in [2.45, 2.75) is 6.54 Å². The smallest absolute Gasteiger partial charge is 0.316 e. The Kier molecular flexibility index (Phi) is 3.62. The Morgan fingerprint density at radius 1 is 1.42 bits per heavy atom. The average molecular weight is 262 g/mol. The number of aryl methyl sites for hydroxylation is 1. The third kappa shape index (κ3) is 2.80. The van der Waals surface area contributed by atoms with E-state index in [1.807, 2.05) is 19.3 Å². The maximum Gasteiger partial charge on any atom is 0.316 e. The molecule has 0 unspecified atom stereocenters. The highest BCUT2D eigenvalue weighted by molar-refractivity contribution is 5.75. The average Bonchev–Trinajstić information content (AvgIpc) is 2.81. The summed E-state index contributed by atoms with van der Waals surface area (Å²) in [5, 5.41) is 18.2. The minimum atomic E-state index is -0.476. The van der Waals surface area contributed by atoms with Crippen LogP contribution < -0.4 is 16.6 Å². The Morgan fingerprint density at radius 2 is 2.16 bits per heavy atom. The van der Waals surface area contributed by atoms with Crippen LogP contribution in [0.2, 0.25) is 0 Å². The molecule has 100 valence electrons. The number of para-hydroxylation sites is 1. The lowest BCUT2D eigenvalue weighted by molar-refractivity contribution is -0.383. The van der Waals surface area contributed by atoms with E-state index in [1.165, 1.54) is 0 Å². The summed E-state index contributed by atoms with van der Waals surface area (Å²) in [7, 11) is 1.81. The zero-order chi connectivity index (χ0) is 13.8. The van der Waals surface area contributed by atoms with Gasteiger partial charge in [-0.25, -0.2) is 0 Å². The molecular formula is C11H14N6O2. The van der Waals surface area contributed by atoms with Gasteiger partial charge in [0, 0.05) is 13.2 Å². The third-order valence-corrected chi connectivity index (χ3v) is 2.60. The number of hydrogen-bond donors (Lipinski definition) is 3. The second-order valence-corrected chi connectivity index (χ2v) is 3.94. The molecule has 0 aliphatic heterocycles. The van der Waals surface area contributed by atoms with Gasteiger partial charge in [0.2, 0.25) is 0 Å². The van der Waals surface area contributed by atoms with Crippen LogP contribution in [0.25, 0.3) is 0 Å². The number of hydrazine groups is 1. The molecule has 8 heteroatoms. The van der Waals surface area contributed by atoms with Gasteiger partial charge in [-0.15, -0.1) is 0 Å². The Labute approximate surface area is 109 Å². The van der Waals surface area contributed by atoms with Crippen molar-refractivity contribution in [2.75, 3.05) is 10.7 Å². The summed E-state index contributed by atoms with van der Waals surface area (Å²) >= 11 is 0. The largest absolute Gasteiger partial charge is 0.374 e. The second-order valence-electron chi connectivity index (χ2n) is 3.94. The molecule has 0 radical (unpaired) electrons. The Bertz CT molecular complexity index is 595. The minimum Gasteiger partial charge on any atom is -0.374 e. The second kappa shape index (κ2) is 5.36. The Balaban J connectivity index is 2.22. The fourth-order valence-corrected chi connectivity index (χ4v) is 1.74. The van der Waals surface area contributed by atoms with Crippen molar-refractivity contribution in [3.63, 3.8) is 0 Å². The fraction of sp³-hybridized carbons (Fsp3) is 0.182. The summed E-state index contributed by atoms with van der Waals surface area (Å²) in [4.78, 5) is 10.6. The summed E-state index contributed by atoms with van der Waals surface area (Å²) in [5.74, 6) is 5.27. The lowest BCUT2D eigenvalue weighted by Crippen LogP contribution is -2.11. The number of rotatable bonds is 5. The number of nitrogens with zero attached hydrogens (tertiary/aromatic N) is 3. The molecule has 0 spiro atoms. The van der Waals surface area contributed by atoms with Crippen LogP contribution in [0.3, 0.4) is 0 Å². The number of hydrogen-bond acceptors (Lipinski definition) is 6. The van der Waals surface area contributed by atoms with Crippen LogP contribution in [-0.4, -0.2) is 14.7 Å². The molecule has 0 saturated heterocycles. The summed E-state index contributed by atoms with van der Waals surface area (Å²) in [6.45, 7) is 0.399. The first-order chi connectivity index (χ1) is 9.11. The quantitative estimate of drug-likeness (QED) is 0.424. The Hall–Kier alpha value is -2.61. The van der Waals surface area contributed by atoms with Crippen LogP contribution >= 0.6 is 0 Å². The number of nitrogens with one attached hydrogen (secondary N) is 2. The molecule has 0 atom stereocenters. The van der Waals surface area contributed by atoms with Gasteiger partial charge < -0.3 is 10.7 Å². The fourth-order valence-electron chi connectivity index (χ4n) is 1.74. The van der Waals surface area contributed by atoms with Crippen LogP contribution in [0.4, 0.5) is 17.1 Å². The molecule has 19 heavy (non-hydrogen) atoms. The number of nitro groups is 1. The van der Waals surface area contributed by atoms with Gasteiger partial charge in [-0.1, -0.05) is 6.07 Å². The molecule has 0 saturated carbocycles. The van der Waals surface area contributed by atoms with Crippen LogP contribution in [0.1, 0.15) is 5.69 Å². The van der Waals surface area contributed by atoms with Crippen molar-refractivity contribution in [3.05, 3.63) is 46.3 Å². The zero-order valence-electron chi connectivity index (χ0n) is 10.3. The Morgan fingerprint density at radius 3 is 2.74 bits per heavy atom. The molecule has 2 rings (SSSR count). The van der Waals surface area contributed by atoms with Crippen molar-refractivity contribution in [3.8, 4) is 0 Å². The van der Waals surface area contributed by atoms with Crippen molar-refractivity contribution >= 4 is 17.1 Å². The summed E-state index contributed by atoms with van der Waals surface area (Å²) in [5.41, 5.74) is 3.68. The van der Waals surface area contributed by atoms with Gasteiger partial charge in [0.1, 0.15) is 11.4 Å². The molecule has 0 bridgehead atoms. The molecule has 1 aromatic carbocycles. The highest BCUT2D eigenvalue weighted by Gasteiger charge is 2.18. The van der Waals surface area contributed by atoms with Crippen molar-refractivity contribution in [1.82, 2.24) is 9.78 Å². The molecule has 1 heterocycles. The van der Waals surface area contributed by atoms with Gasteiger partial charge in [0.15, 0.2) is 0 Å². The van der Waals surface area contributed by atoms with Crippen LogP contribution in [0.15, 0.2) is 30.5 Å². The normalized spacial score (nSPS) is 10.2. The van der Waals surface area contributed by atoms with Gasteiger partial charge in [-0.2, -0.15) is 5.10 Å². The lowest BCUT2D eigenvalue weighted by atomic mass is 10.2. The number of nitrogens with two attached hydrogens (primary N) is 1. The molecule has 8 nitrogen and oxygen atoms in total. The van der Waals surface area contributed by atoms with E-state index in [4.69, 9.17) is 5.84 Å². The summed E-state index contributed by atoms with van der Waals surface area (Å²) < 4.78 is 1.67. The number of anilines is 2. The molecular weight excluding hydrogens is 248 g/mol. The van der Waals surface area contributed by atoms with Gasteiger partial charge in [-0.05, 0) is 18.2 Å². The van der Waals surface area contributed by atoms with Crippen LogP contribution in [0.5, 0.6) is 0 Å². The van der Waals surface area contributed by atoms with E-state index < -0.39 is 4.92 Å². The number of benzene rings is 1. The topological polar surface area (TPSA) is 111 Å². The third-order valence-electron chi connectivity index (χ3n) is 2.60. The van der Waals surface area contributed by atoms with E-state index in [0.717, 1.165) is 5.69 Å². The van der Waals surface area contributed by atoms with Gasteiger partial charge in [0.25, 0.3) is 0 Å². The van der Waals surface area contributed by atoms with Gasteiger partial charge in [-0.3, -0.25) is 20.6 Å². The number of nitro benzene ring substituents is 1. The highest BCUT2D eigenvalue weighted by Crippen LogP contribution is 2.32. The lowest BCUT2D eigenvalue weighted by Gasteiger charge is -2.08. The first-order valence-corrected chi connectivity index (χ1v) is 5.58. The molecule has 0 aliphatic rings. The van der Waals surface area contributed by atoms with Gasteiger partial charge >= 0.3 is 5.69 Å². The molecule has 0 fully saturated rings. The van der Waals surface area contributed by atoms with E-state index >= 15 is 0 Å². The maximum absolute atomic E-state index is 11.1. The first kappa shape index (κ1) is 12.8. The van der Waals surface area contributed by atoms with Crippen molar-refractivity contribution in [1.29, 1.82) is 0 Å². The van der Waals surface area contributed by atoms with E-state index in [-0.39, 0.29) is 11.4 Å². The summed E-state index contributed by atoms with van der Waals surface area (Å²) in [6, 6.07) is 6.69. The minimum absolute atomic E-state index is 0.0825. The SMILES string of the molecule is Cn1ccc(CNc2cccc(NN)c2[N+](=O)[O-])n1. The van der Waals surface area contributed by atoms with E-state index in [1.54, 1.807) is 22.9 Å². The monoisotopic (exact) mass is 262 g/mol. The standard InChI is InChI=1S/C11H14N6O2/c1-16-6-5-8(15-16)7-13-9-3-2-4-10(14-12)11(9)17(18)19/h2-6,13-14H,7,12H2,1H3. The van der Waals surface area contributed by atoms with Crippen LogP contribution in [0, 0.1) is 10.1 Å². The van der Waals surface area contributed by atoms with E-state index in [0.29, 0.717) is 12.2 Å². The van der Waals surface area contributed by atoms with Crippen molar-refractivity contribution in [2.24, 2.45) is 12.9 Å². The zero-order valence-corrected chi connectivity index (χ0v) is 10.3. The summed E-state index contributed by atoms with van der Waals surface area (Å²) in [6.07, 6.45) is 1.81. The molecule has 1 aromatic heterocycles. The highest BCUT2D eigenvalue weighted by atomic mass is 16.6. The number of nitrogen functional groups attached to an aromatic ring is 1. The molecule has 4 N–H and O–H groups in total. The van der Waals surface area contributed by atoms with E-state index in [9.17, 15) is 10.1 Å². The van der Waals surface area contributed by atoms with Crippen LogP contribution in [-0.2, 0) is 13.6 Å². The van der Waals surface area contributed by atoms with Gasteiger partial charge in [0.05, 0.1) is 17.2 Å². The van der Waals surface area contributed by atoms with Crippen molar-refractivity contribution < 1.29 is 4.92 Å². The predicted molar refractivity (Wildman–Crippen MR) is 71.4 cm³/mol. The molecule has 0 aliphatic carbocycles. The first-order valence-electron chi connectivity index (χ1n) is 5.58. The van der Waals surface area contributed by atoms with E-state index in [2.05, 4.69) is 15.8 Å². The molecule has 2 aromatic rings. The molecule has 0 amide bonds. The predicted octanol–water partition coefficient (Wildman–Crippen LogP) is 1.23. The maximum atomic E-state index is 11.1.